The maximum absolute atomic E-state index is 12.5. The number of carbonyl (C=O) groups is 1. The van der Waals surface area contributed by atoms with Crippen LogP contribution >= 0.6 is 0 Å². The molecule has 4 nitrogen and oxygen atoms in total. The summed E-state index contributed by atoms with van der Waals surface area (Å²) in [5, 5.41) is 2.92. The van der Waals surface area contributed by atoms with E-state index >= 15 is 0 Å². The van der Waals surface area contributed by atoms with Gasteiger partial charge in [-0.2, -0.15) is 0 Å². The minimum Gasteiger partial charge on any atom is -0.455 e. The SMILES string of the molecule is [NH3+][C@@H](Cc1ccccc1)C(=O)Nc1ccccc1Oc1ccccc1. The highest BCUT2D eigenvalue weighted by Gasteiger charge is 2.19. The first-order valence-electron chi connectivity index (χ1n) is 8.22. The summed E-state index contributed by atoms with van der Waals surface area (Å²) < 4.78 is 5.87. The van der Waals surface area contributed by atoms with Crippen molar-refractivity contribution in [2.24, 2.45) is 0 Å². The number of hydrogen-bond acceptors (Lipinski definition) is 2. The third-order valence-electron chi connectivity index (χ3n) is 3.81. The smallest absolute Gasteiger partial charge is 0.282 e. The number of nitrogens with one attached hydrogen (secondary N) is 1. The molecule has 4 heteroatoms. The van der Waals surface area contributed by atoms with Crippen LogP contribution in [0.15, 0.2) is 84.9 Å². The van der Waals surface area contributed by atoms with E-state index in [1.54, 1.807) is 0 Å². The van der Waals surface area contributed by atoms with Crippen LogP contribution in [0.25, 0.3) is 0 Å². The van der Waals surface area contributed by atoms with Crippen LogP contribution in [-0.4, -0.2) is 11.9 Å². The molecule has 0 heterocycles. The fourth-order valence-corrected chi connectivity index (χ4v) is 2.50. The highest BCUT2D eigenvalue weighted by atomic mass is 16.5. The lowest BCUT2D eigenvalue weighted by Crippen LogP contribution is -2.67. The molecule has 25 heavy (non-hydrogen) atoms. The van der Waals surface area contributed by atoms with Crippen LogP contribution in [0.4, 0.5) is 5.69 Å². The summed E-state index contributed by atoms with van der Waals surface area (Å²) >= 11 is 0. The normalized spacial score (nSPS) is 11.6. The molecule has 0 unspecified atom stereocenters. The van der Waals surface area contributed by atoms with Gasteiger partial charge in [-0.3, -0.25) is 4.79 Å². The Labute approximate surface area is 147 Å². The predicted molar refractivity (Wildman–Crippen MR) is 98.4 cm³/mol. The van der Waals surface area contributed by atoms with Gasteiger partial charge in [0.25, 0.3) is 5.91 Å². The Morgan fingerprint density at radius 2 is 1.48 bits per heavy atom. The van der Waals surface area contributed by atoms with E-state index in [9.17, 15) is 4.79 Å². The summed E-state index contributed by atoms with van der Waals surface area (Å²) in [7, 11) is 0. The number of quaternary nitrogens is 1. The number of anilines is 1. The minimum atomic E-state index is -0.382. The molecule has 0 fully saturated rings. The van der Waals surface area contributed by atoms with E-state index < -0.39 is 0 Å². The third-order valence-corrected chi connectivity index (χ3v) is 3.81. The number of para-hydroxylation sites is 3. The van der Waals surface area contributed by atoms with Crippen molar-refractivity contribution in [2.45, 2.75) is 12.5 Å². The Hall–Kier alpha value is -3.11. The molecule has 4 N–H and O–H groups in total. The van der Waals surface area contributed by atoms with E-state index in [0.717, 1.165) is 11.3 Å². The summed E-state index contributed by atoms with van der Waals surface area (Å²) in [6.07, 6.45) is 0.592. The molecule has 0 spiro atoms. The van der Waals surface area contributed by atoms with Crippen molar-refractivity contribution in [3.05, 3.63) is 90.5 Å². The molecule has 0 aliphatic heterocycles. The van der Waals surface area contributed by atoms with Crippen molar-refractivity contribution in [1.29, 1.82) is 0 Å². The first-order chi connectivity index (χ1) is 12.2. The van der Waals surface area contributed by atoms with Crippen LogP contribution in [0, 0.1) is 0 Å². The van der Waals surface area contributed by atoms with E-state index in [-0.39, 0.29) is 11.9 Å². The maximum atomic E-state index is 12.5. The minimum absolute atomic E-state index is 0.132. The largest absolute Gasteiger partial charge is 0.455 e. The second-order valence-electron chi connectivity index (χ2n) is 5.79. The predicted octanol–water partition coefficient (Wildman–Crippen LogP) is 3.27. The van der Waals surface area contributed by atoms with Crippen LogP contribution in [0.2, 0.25) is 0 Å². The fourth-order valence-electron chi connectivity index (χ4n) is 2.50. The lowest BCUT2D eigenvalue weighted by Gasteiger charge is -2.14. The Morgan fingerprint density at radius 3 is 2.20 bits per heavy atom. The van der Waals surface area contributed by atoms with Gasteiger partial charge in [-0.25, -0.2) is 0 Å². The molecule has 1 atom stereocenters. The summed E-state index contributed by atoms with van der Waals surface area (Å²) in [6.45, 7) is 0. The van der Waals surface area contributed by atoms with Gasteiger partial charge in [0.15, 0.2) is 11.8 Å². The summed E-state index contributed by atoms with van der Waals surface area (Å²) in [5.41, 5.74) is 5.72. The lowest BCUT2D eigenvalue weighted by atomic mass is 10.1. The quantitative estimate of drug-likeness (QED) is 0.727. The van der Waals surface area contributed by atoms with Crippen LogP contribution in [0.3, 0.4) is 0 Å². The molecular formula is C21H21N2O2+. The van der Waals surface area contributed by atoms with Gasteiger partial charge >= 0.3 is 0 Å². The van der Waals surface area contributed by atoms with Crippen LogP contribution < -0.4 is 15.8 Å². The molecular weight excluding hydrogens is 312 g/mol. The molecule has 0 radical (unpaired) electrons. The molecule has 1 amide bonds. The molecule has 0 saturated carbocycles. The van der Waals surface area contributed by atoms with Gasteiger partial charge in [-0.1, -0.05) is 60.7 Å². The van der Waals surface area contributed by atoms with Crippen LogP contribution in [0.5, 0.6) is 11.5 Å². The summed E-state index contributed by atoms with van der Waals surface area (Å²) in [4.78, 5) is 12.5. The van der Waals surface area contributed by atoms with Crippen molar-refractivity contribution >= 4 is 11.6 Å². The first-order valence-corrected chi connectivity index (χ1v) is 8.22. The zero-order valence-corrected chi connectivity index (χ0v) is 13.9. The van der Waals surface area contributed by atoms with Crippen molar-refractivity contribution in [1.82, 2.24) is 0 Å². The van der Waals surface area contributed by atoms with E-state index in [2.05, 4.69) is 11.1 Å². The summed E-state index contributed by atoms with van der Waals surface area (Å²) in [6, 6.07) is 26.4. The van der Waals surface area contributed by atoms with E-state index in [1.165, 1.54) is 0 Å². The molecule has 126 valence electrons. The highest BCUT2D eigenvalue weighted by molar-refractivity contribution is 5.95. The second-order valence-corrected chi connectivity index (χ2v) is 5.79. The van der Waals surface area contributed by atoms with Gasteiger partial charge in [-0.15, -0.1) is 0 Å². The van der Waals surface area contributed by atoms with Crippen molar-refractivity contribution in [3.63, 3.8) is 0 Å². The number of amides is 1. The standard InChI is InChI=1S/C21H20N2O2/c22-18(15-16-9-3-1-4-10-16)21(24)23-19-13-7-8-14-20(19)25-17-11-5-2-6-12-17/h1-14,18H,15,22H2,(H,23,24)/p+1/t18-/m0/s1. The average Bonchev–Trinajstić information content (AvgIpc) is 2.65. The molecule has 3 aromatic carbocycles. The first kappa shape index (κ1) is 16.7. The Kier molecular flexibility index (Phi) is 5.44. The molecule has 0 aliphatic rings. The van der Waals surface area contributed by atoms with Gasteiger partial charge in [0.1, 0.15) is 5.75 Å². The summed E-state index contributed by atoms with van der Waals surface area (Å²) in [5.74, 6) is 1.20. The van der Waals surface area contributed by atoms with E-state index in [0.29, 0.717) is 17.9 Å². The van der Waals surface area contributed by atoms with Crippen LogP contribution in [-0.2, 0) is 11.2 Å². The van der Waals surface area contributed by atoms with Gasteiger partial charge in [0.05, 0.1) is 5.69 Å². The van der Waals surface area contributed by atoms with Gasteiger partial charge in [-0.05, 0) is 29.8 Å². The Balaban J connectivity index is 1.69. The van der Waals surface area contributed by atoms with Gasteiger partial charge < -0.3 is 15.8 Å². The number of rotatable bonds is 6. The fraction of sp³-hybridized carbons (Fsp3) is 0.0952. The second kappa shape index (κ2) is 8.13. The van der Waals surface area contributed by atoms with Crippen LogP contribution in [0.1, 0.15) is 5.56 Å². The third kappa shape index (κ3) is 4.68. The lowest BCUT2D eigenvalue weighted by molar-refractivity contribution is -0.402. The molecule has 3 aromatic rings. The van der Waals surface area contributed by atoms with E-state index in [4.69, 9.17) is 4.74 Å². The monoisotopic (exact) mass is 333 g/mol. The molecule has 0 bridgehead atoms. The van der Waals surface area contributed by atoms with Crippen molar-refractivity contribution in [3.8, 4) is 11.5 Å². The topological polar surface area (TPSA) is 66.0 Å². The molecule has 0 aromatic heterocycles. The average molecular weight is 333 g/mol. The zero-order chi connectivity index (χ0) is 17.5. The molecule has 0 saturated heterocycles. The zero-order valence-electron chi connectivity index (χ0n) is 13.9. The van der Waals surface area contributed by atoms with Gasteiger partial charge in [0.2, 0.25) is 0 Å². The van der Waals surface area contributed by atoms with E-state index in [1.807, 2.05) is 84.9 Å². The number of benzene rings is 3. The van der Waals surface area contributed by atoms with Crippen molar-refractivity contribution < 1.29 is 15.3 Å². The van der Waals surface area contributed by atoms with Crippen molar-refractivity contribution in [2.75, 3.05) is 5.32 Å². The Morgan fingerprint density at radius 1 is 0.880 bits per heavy atom. The Bertz CT molecular complexity index is 820. The number of carbonyl (C=O) groups excluding carboxylic acids is 1. The molecule has 0 aliphatic carbocycles. The van der Waals surface area contributed by atoms with Gasteiger partial charge in [0, 0.05) is 6.42 Å². The molecule has 3 rings (SSSR count). The maximum Gasteiger partial charge on any atom is 0.282 e. The highest BCUT2D eigenvalue weighted by Crippen LogP contribution is 2.29. The number of ether oxygens (including phenoxy) is 1. The number of hydrogen-bond donors (Lipinski definition) is 2.